The normalized spacial score (nSPS) is 17.0. The lowest BCUT2D eigenvalue weighted by molar-refractivity contribution is 1.64. The highest BCUT2D eigenvalue weighted by molar-refractivity contribution is 7.26. The summed E-state index contributed by atoms with van der Waals surface area (Å²) in [5.74, 6) is 0. The molecule has 0 amide bonds. The Bertz CT molecular complexity index is 6970. The smallest absolute Gasteiger partial charge is 0.0638 e. The minimum Gasteiger partial charge on any atom is -0.135 e. The predicted molar refractivity (Wildman–Crippen MR) is 351 cm³/mol. The quantitative estimate of drug-likeness (QED) is 0.151. The van der Waals surface area contributed by atoms with Crippen molar-refractivity contribution in [2.45, 2.75) is 0 Å². The van der Waals surface area contributed by atoms with Crippen molar-refractivity contribution in [1.82, 2.24) is 0 Å². The van der Waals surface area contributed by atoms with E-state index in [1.54, 1.807) is 11.3 Å². The second-order valence-corrected chi connectivity index (χ2v) is 20.7. The van der Waals surface area contributed by atoms with Crippen LogP contribution in [0.3, 0.4) is 0 Å². The van der Waals surface area contributed by atoms with E-state index in [2.05, 4.69) is 24.3 Å². The van der Waals surface area contributed by atoms with Crippen molar-refractivity contribution in [3.8, 4) is 55.6 Å². The van der Waals surface area contributed by atoms with E-state index >= 15 is 0 Å². The number of thiophene rings is 2. The van der Waals surface area contributed by atoms with Gasteiger partial charge in [-0.3, -0.25) is 0 Å². The Morgan fingerprint density at radius 1 is 0.212 bits per heavy atom. The Balaban J connectivity index is 0.000000169. The minimum absolute atomic E-state index is 0.0994. The zero-order valence-corrected chi connectivity index (χ0v) is 42.8. The Morgan fingerprint density at radius 3 is 1.32 bits per heavy atom. The van der Waals surface area contributed by atoms with Crippen LogP contribution in [0.25, 0.3) is 161 Å². The first-order valence-corrected chi connectivity index (χ1v) is 26.7. The average Bonchev–Trinajstić information content (AvgIpc) is 0.874. The molecule has 0 saturated heterocycles. The third kappa shape index (κ3) is 7.41. The molecule has 2 heteroatoms. The lowest BCUT2D eigenvalue weighted by Gasteiger charge is -2.19. The van der Waals surface area contributed by atoms with Crippen LogP contribution >= 0.6 is 22.7 Å². The molecule has 0 aliphatic rings. The second kappa shape index (κ2) is 19.0. The van der Waals surface area contributed by atoms with E-state index in [9.17, 15) is 13.7 Å². The van der Waals surface area contributed by atoms with E-state index < -0.39 is 212 Å². The van der Waals surface area contributed by atoms with Gasteiger partial charge in [-0.2, -0.15) is 0 Å². The number of rotatable bonds is 5. The first kappa shape index (κ1) is 25.4. The van der Waals surface area contributed by atoms with Crippen LogP contribution in [0.1, 0.15) is 41.1 Å². The van der Waals surface area contributed by atoms with Crippen LogP contribution in [0.5, 0.6) is 0 Å². The molecule has 0 N–H and O–H groups in total. The number of benzene rings is 15. The van der Waals surface area contributed by atoms with Gasteiger partial charge in [-0.1, -0.05) is 266 Å². The van der Waals surface area contributed by atoms with Crippen LogP contribution in [0.15, 0.2) is 290 Å². The van der Waals surface area contributed by atoms with Crippen LogP contribution in [0.2, 0.25) is 0 Å². The van der Waals surface area contributed by atoms with Crippen molar-refractivity contribution < 1.29 is 41.1 Å². The summed E-state index contributed by atoms with van der Waals surface area (Å²) in [4.78, 5) is 0. The Labute approximate surface area is 513 Å². The summed E-state index contributed by atoms with van der Waals surface area (Å²) in [6.07, 6.45) is 0. The first-order chi connectivity index (χ1) is 52.2. The molecule has 2 heterocycles. The molecule has 0 fully saturated rings. The minimum atomic E-state index is -0.898. The van der Waals surface area contributed by atoms with Gasteiger partial charge in [-0.15, -0.1) is 22.7 Å². The molecule has 2 aromatic heterocycles. The van der Waals surface area contributed by atoms with Crippen LogP contribution in [0, 0.1) is 0 Å². The van der Waals surface area contributed by atoms with E-state index in [0.29, 0.717) is 33.6 Å². The van der Waals surface area contributed by atoms with Crippen molar-refractivity contribution in [2.24, 2.45) is 0 Å². The van der Waals surface area contributed by atoms with Crippen molar-refractivity contribution in [1.29, 1.82) is 0 Å². The second-order valence-electron chi connectivity index (χ2n) is 18.6. The lowest BCUT2D eigenvalue weighted by atomic mass is 9.84. The van der Waals surface area contributed by atoms with Crippen LogP contribution in [0.4, 0.5) is 0 Å². The van der Waals surface area contributed by atoms with Gasteiger partial charge in [0, 0.05) is 40.3 Å². The molecule has 0 unspecified atom stereocenters. The number of hydrogen-bond acceptors (Lipinski definition) is 2. The lowest BCUT2D eigenvalue weighted by Crippen LogP contribution is -1.92. The molecule has 80 heavy (non-hydrogen) atoms. The van der Waals surface area contributed by atoms with Gasteiger partial charge >= 0.3 is 0 Å². The molecule has 0 aliphatic carbocycles. The molecule has 0 atom stereocenters. The zero-order valence-electron chi connectivity index (χ0n) is 71.2. The van der Waals surface area contributed by atoms with Gasteiger partial charge in [0.05, 0.1) is 41.1 Å². The van der Waals surface area contributed by atoms with Gasteiger partial charge in [0.2, 0.25) is 0 Å². The van der Waals surface area contributed by atoms with Gasteiger partial charge in [0.15, 0.2) is 0 Å². The monoisotopic (exact) mass is 1080 g/mol. The maximum Gasteiger partial charge on any atom is 0.0638 e. The number of hydrogen-bond donors (Lipinski definition) is 0. The molecule has 0 bridgehead atoms. The Kier molecular flexibility index (Phi) is 6.04. The molecule has 0 aliphatic heterocycles. The Hall–Kier alpha value is -9.70. The van der Waals surface area contributed by atoms with Crippen LogP contribution < -0.4 is 0 Å². The summed E-state index contributed by atoms with van der Waals surface area (Å²) < 4.78 is 269. The van der Waals surface area contributed by atoms with Crippen molar-refractivity contribution >= 4 is 128 Å². The van der Waals surface area contributed by atoms with Gasteiger partial charge in [-0.25, -0.2) is 0 Å². The molecule has 0 saturated carbocycles. The highest BCUT2D eigenvalue weighted by atomic mass is 32.1. The summed E-state index contributed by atoms with van der Waals surface area (Å²) in [7, 11) is 0. The molecule has 0 radical (unpaired) electrons. The first-order valence-electron chi connectivity index (χ1n) is 40.0. The molecule has 17 rings (SSSR count). The molecular formula is C78H48S2. The van der Waals surface area contributed by atoms with E-state index in [-0.39, 0.29) is 65.9 Å². The van der Waals surface area contributed by atoms with Crippen molar-refractivity contribution in [2.75, 3.05) is 0 Å². The SMILES string of the molecule is [2H]c1c([2H])c([2H])c2c(-c3cccc4ccccc34)c3c([2H])c([2H])c([2H])c([2H])c3c(-c3ccc(-c4cccc5sc6ccccc6c45)cc3)c2c1[2H].[2H]c1c([2H])c([2H])c2c(sc3c([2H])c([2H])c([2H])c(-c4c5c([2H])c([2H])c([2H])c([2H])c5c(-c5c([2H])c([2H])c([2H])c6c([2H])c([2H])c([2H])c([2H])c56)c5c([2H])c([2H])c([2H])c([2H])c45)c32)c1[2H]. The molecule has 372 valence electrons. The van der Waals surface area contributed by atoms with Gasteiger partial charge in [0.1, 0.15) is 0 Å². The fourth-order valence-corrected chi connectivity index (χ4v) is 13.2. The summed E-state index contributed by atoms with van der Waals surface area (Å²) in [6.45, 7) is 0. The van der Waals surface area contributed by atoms with Gasteiger partial charge < -0.3 is 0 Å². The molecule has 0 spiro atoms. The van der Waals surface area contributed by atoms with Crippen molar-refractivity contribution in [3.05, 3.63) is 290 Å². The van der Waals surface area contributed by atoms with Gasteiger partial charge in [-0.05, 0) is 144 Å². The summed E-state index contributed by atoms with van der Waals surface area (Å²) in [5.41, 5.74) is 1.70. The largest absolute Gasteiger partial charge is 0.135 e. The number of fused-ring (bicyclic) bond motifs is 12. The summed E-state index contributed by atoms with van der Waals surface area (Å²) >= 11 is 2.43. The fraction of sp³-hybridized carbons (Fsp3) is 0. The summed E-state index contributed by atoms with van der Waals surface area (Å²) in [6, 6.07) is 15.3. The third-order valence-electron chi connectivity index (χ3n) is 14.5. The maximum absolute atomic E-state index is 9.36. The van der Waals surface area contributed by atoms with Gasteiger partial charge in [0.25, 0.3) is 0 Å². The van der Waals surface area contributed by atoms with E-state index in [1.807, 2.05) is 84.9 Å². The standard InChI is InChI=1S/C42H26S.C36H22S/c1-2-13-30-27(11-1)12-9-20-32(30)41-35-16-5-3-14-33(35)40(34-15-4-6-17-36(34)41)29-25-23-28(24-26-29)31-19-10-22-39-42(31)37-18-7-8-21-38(37)43-39;1-2-13-24-23(11-1)12-9-19-25(24)34-26-14-3-5-16-28(26)35(29-17-6-4-15-27(29)34)31-20-10-22-33-36(31)30-18-7-8-21-32(30)37-33/h1-26H;1-22H/i3D,4D,5D,6D,14D,15D,16D,17D;1D,2D,3D,4D,5D,6D,7D,8D,9D,10D,11D,12D,13D,14D,15D,16D,17D,18D,19D,20D,21D,22D. The molecular weight excluding hydrogens is 1000 g/mol. The van der Waals surface area contributed by atoms with E-state index in [4.69, 9.17) is 27.4 Å². The molecule has 0 nitrogen and oxygen atoms in total. The maximum atomic E-state index is 9.36. The van der Waals surface area contributed by atoms with Crippen LogP contribution in [-0.4, -0.2) is 0 Å². The highest BCUT2D eigenvalue weighted by Crippen LogP contribution is 2.50. The fourth-order valence-electron chi connectivity index (χ4n) is 11.1. The third-order valence-corrected chi connectivity index (χ3v) is 16.6. The Morgan fingerprint density at radius 2 is 0.637 bits per heavy atom. The summed E-state index contributed by atoms with van der Waals surface area (Å²) in [5, 5.41) is 0.909. The zero-order chi connectivity index (χ0) is 78.8. The molecule has 15 aromatic carbocycles. The molecule has 17 aromatic rings. The average molecular weight is 1080 g/mol. The predicted octanol–water partition coefficient (Wildman–Crippen LogP) is 23.4. The van der Waals surface area contributed by atoms with Crippen LogP contribution in [-0.2, 0) is 0 Å². The topological polar surface area (TPSA) is 0 Å². The van der Waals surface area contributed by atoms with E-state index in [1.165, 1.54) is 14.8 Å². The van der Waals surface area contributed by atoms with E-state index in [0.717, 1.165) is 27.3 Å². The highest BCUT2D eigenvalue weighted by Gasteiger charge is 2.22. The van der Waals surface area contributed by atoms with Crippen molar-refractivity contribution in [3.63, 3.8) is 0 Å².